The lowest BCUT2D eigenvalue weighted by molar-refractivity contribution is 0.486. The number of benzene rings is 1. The minimum Gasteiger partial charge on any atom is -0.310 e. The molecule has 1 N–H and O–H groups in total. The van der Waals surface area contributed by atoms with Crippen LogP contribution in [0, 0.1) is 0 Å². The van der Waals surface area contributed by atoms with E-state index in [9.17, 15) is 8.42 Å². The first-order valence-electron chi connectivity index (χ1n) is 7.57. The lowest BCUT2D eigenvalue weighted by atomic mass is 10.0. The highest BCUT2D eigenvalue weighted by molar-refractivity contribution is 7.91. The Bertz CT molecular complexity index is 457. The zero-order valence-electron chi connectivity index (χ0n) is 12.6. The molecule has 0 heterocycles. The lowest BCUT2D eigenvalue weighted by Crippen LogP contribution is -2.20. The van der Waals surface area contributed by atoms with E-state index in [4.69, 9.17) is 0 Å². The number of hydrogen-bond acceptors (Lipinski definition) is 3. The second kappa shape index (κ2) is 9.14. The first-order chi connectivity index (χ1) is 9.59. The van der Waals surface area contributed by atoms with E-state index in [1.165, 1.54) is 5.56 Å². The largest absolute Gasteiger partial charge is 0.310 e. The summed E-state index contributed by atoms with van der Waals surface area (Å²) in [6.45, 7) is 4.78. The van der Waals surface area contributed by atoms with Gasteiger partial charge in [-0.25, -0.2) is 8.42 Å². The van der Waals surface area contributed by atoms with Crippen LogP contribution in [-0.2, 0) is 9.84 Å². The second-order valence-electron chi connectivity index (χ2n) is 5.11. The molecule has 0 saturated carbocycles. The lowest BCUT2D eigenvalue weighted by Gasteiger charge is -2.18. The number of unbranched alkanes of at least 4 members (excludes halogenated alkanes) is 2. The van der Waals surface area contributed by atoms with Crippen molar-refractivity contribution in [2.75, 3.05) is 18.1 Å². The van der Waals surface area contributed by atoms with Crippen molar-refractivity contribution in [1.82, 2.24) is 5.32 Å². The van der Waals surface area contributed by atoms with Crippen LogP contribution in [-0.4, -0.2) is 26.5 Å². The highest BCUT2D eigenvalue weighted by Gasteiger charge is 2.10. The van der Waals surface area contributed by atoms with Crippen molar-refractivity contribution in [1.29, 1.82) is 0 Å². The molecule has 114 valence electrons. The molecular weight excluding hydrogens is 270 g/mol. The van der Waals surface area contributed by atoms with Crippen molar-refractivity contribution >= 4 is 9.84 Å². The zero-order chi connectivity index (χ0) is 14.8. The Hall–Kier alpha value is -0.870. The molecule has 0 radical (unpaired) electrons. The summed E-state index contributed by atoms with van der Waals surface area (Å²) in [7, 11) is -2.80. The SMILES string of the molecule is CCNC(CCCCCS(=O)(=O)CC)c1ccccc1. The second-order valence-corrected chi connectivity index (χ2v) is 7.58. The third-order valence-electron chi connectivity index (χ3n) is 3.54. The average molecular weight is 297 g/mol. The Morgan fingerprint density at radius 1 is 1.05 bits per heavy atom. The van der Waals surface area contributed by atoms with Gasteiger partial charge >= 0.3 is 0 Å². The highest BCUT2D eigenvalue weighted by atomic mass is 32.2. The van der Waals surface area contributed by atoms with Gasteiger partial charge in [0.05, 0.1) is 5.75 Å². The quantitative estimate of drug-likeness (QED) is 0.674. The molecule has 1 unspecified atom stereocenters. The van der Waals surface area contributed by atoms with Crippen LogP contribution < -0.4 is 5.32 Å². The highest BCUT2D eigenvalue weighted by Crippen LogP contribution is 2.19. The predicted molar refractivity (Wildman–Crippen MR) is 85.7 cm³/mol. The summed E-state index contributed by atoms with van der Waals surface area (Å²) in [6, 6.07) is 10.8. The fraction of sp³-hybridized carbons (Fsp3) is 0.625. The molecule has 0 aliphatic rings. The Morgan fingerprint density at radius 3 is 2.35 bits per heavy atom. The summed E-state index contributed by atoms with van der Waals surface area (Å²) in [5.74, 6) is 0.595. The maximum absolute atomic E-state index is 11.4. The van der Waals surface area contributed by atoms with E-state index in [0.717, 1.165) is 32.2 Å². The van der Waals surface area contributed by atoms with Gasteiger partial charge in [-0.15, -0.1) is 0 Å². The van der Waals surface area contributed by atoms with E-state index < -0.39 is 9.84 Å². The fourth-order valence-electron chi connectivity index (χ4n) is 2.31. The maximum atomic E-state index is 11.4. The molecule has 0 amide bonds. The summed E-state index contributed by atoms with van der Waals surface area (Å²) in [5, 5.41) is 3.50. The predicted octanol–water partition coefficient (Wildman–Crippen LogP) is 3.33. The first-order valence-corrected chi connectivity index (χ1v) is 9.40. The normalized spacial score (nSPS) is 13.3. The van der Waals surface area contributed by atoms with E-state index in [0.29, 0.717) is 11.8 Å². The van der Waals surface area contributed by atoms with Crippen molar-refractivity contribution in [3.05, 3.63) is 35.9 Å². The molecule has 0 saturated heterocycles. The molecule has 0 fully saturated rings. The molecular formula is C16H27NO2S. The number of rotatable bonds is 10. The van der Waals surface area contributed by atoms with Crippen molar-refractivity contribution < 1.29 is 8.42 Å². The monoisotopic (exact) mass is 297 g/mol. The standard InChI is InChI=1S/C16H27NO2S/c1-3-17-16(15-11-7-5-8-12-15)13-9-6-10-14-20(18,19)4-2/h5,7-8,11-12,16-17H,3-4,6,9-10,13-14H2,1-2H3. The molecule has 0 aliphatic carbocycles. The van der Waals surface area contributed by atoms with Gasteiger partial charge in [-0.05, 0) is 24.9 Å². The summed E-state index contributed by atoms with van der Waals surface area (Å²) >= 11 is 0. The van der Waals surface area contributed by atoms with Gasteiger partial charge in [0.1, 0.15) is 9.84 Å². The van der Waals surface area contributed by atoms with Crippen LogP contribution in [0.4, 0.5) is 0 Å². The van der Waals surface area contributed by atoms with Gasteiger partial charge in [-0.3, -0.25) is 0 Å². The third-order valence-corrected chi connectivity index (χ3v) is 5.33. The molecule has 1 aromatic rings. The van der Waals surface area contributed by atoms with Gasteiger partial charge in [0.25, 0.3) is 0 Å². The van der Waals surface area contributed by atoms with Crippen LogP contribution in [0.15, 0.2) is 30.3 Å². The van der Waals surface area contributed by atoms with E-state index in [1.54, 1.807) is 6.92 Å². The van der Waals surface area contributed by atoms with Crippen LogP contribution in [0.1, 0.15) is 51.1 Å². The molecule has 1 rings (SSSR count). The Kier molecular flexibility index (Phi) is 7.85. The van der Waals surface area contributed by atoms with Crippen LogP contribution in [0.2, 0.25) is 0 Å². The average Bonchev–Trinajstić information content (AvgIpc) is 2.46. The van der Waals surface area contributed by atoms with Gasteiger partial charge in [0.15, 0.2) is 0 Å². The Morgan fingerprint density at radius 2 is 1.75 bits per heavy atom. The minimum absolute atomic E-state index is 0.261. The van der Waals surface area contributed by atoms with Crippen LogP contribution in [0.3, 0.4) is 0 Å². The van der Waals surface area contributed by atoms with E-state index in [1.807, 2.05) is 6.07 Å². The first kappa shape index (κ1) is 17.2. The molecule has 20 heavy (non-hydrogen) atoms. The number of hydrogen-bond donors (Lipinski definition) is 1. The van der Waals surface area contributed by atoms with Crippen molar-refractivity contribution in [2.24, 2.45) is 0 Å². The van der Waals surface area contributed by atoms with E-state index in [2.05, 4.69) is 36.5 Å². The van der Waals surface area contributed by atoms with Gasteiger partial charge in [0, 0.05) is 11.8 Å². The van der Waals surface area contributed by atoms with Crippen molar-refractivity contribution in [3.8, 4) is 0 Å². The van der Waals surface area contributed by atoms with Gasteiger partial charge in [0.2, 0.25) is 0 Å². The van der Waals surface area contributed by atoms with Crippen molar-refractivity contribution in [3.63, 3.8) is 0 Å². The minimum atomic E-state index is -2.80. The van der Waals surface area contributed by atoms with Gasteiger partial charge in [-0.2, -0.15) is 0 Å². The molecule has 1 atom stereocenters. The summed E-state index contributed by atoms with van der Waals surface area (Å²) < 4.78 is 22.8. The molecule has 1 aromatic carbocycles. The summed E-state index contributed by atoms with van der Waals surface area (Å²) in [4.78, 5) is 0. The summed E-state index contributed by atoms with van der Waals surface area (Å²) in [6.07, 6.45) is 3.88. The van der Waals surface area contributed by atoms with E-state index in [-0.39, 0.29) is 5.75 Å². The zero-order valence-corrected chi connectivity index (χ0v) is 13.5. The Labute approximate surface area is 123 Å². The molecule has 0 aliphatic heterocycles. The summed E-state index contributed by atoms with van der Waals surface area (Å²) in [5.41, 5.74) is 1.32. The smallest absolute Gasteiger partial charge is 0.150 e. The van der Waals surface area contributed by atoms with Crippen LogP contribution in [0.5, 0.6) is 0 Å². The number of sulfone groups is 1. The van der Waals surface area contributed by atoms with Crippen LogP contribution >= 0.6 is 0 Å². The Balaban J connectivity index is 2.34. The third kappa shape index (κ3) is 6.53. The number of nitrogens with one attached hydrogen (secondary N) is 1. The molecule has 0 bridgehead atoms. The molecule has 4 heteroatoms. The molecule has 3 nitrogen and oxygen atoms in total. The topological polar surface area (TPSA) is 46.2 Å². The maximum Gasteiger partial charge on any atom is 0.150 e. The van der Waals surface area contributed by atoms with Gasteiger partial charge in [-0.1, -0.05) is 57.0 Å². The van der Waals surface area contributed by atoms with E-state index >= 15 is 0 Å². The van der Waals surface area contributed by atoms with Crippen molar-refractivity contribution in [2.45, 2.75) is 45.6 Å². The fourth-order valence-corrected chi connectivity index (χ4v) is 3.24. The van der Waals surface area contributed by atoms with Crippen LogP contribution in [0.25, 0.3) is 0 Å². The van der Waals surface area contributed by atoms with Gasteiger partial charge < -0.3 is 5.32 Å². The molecule has 0 spiro atoms. The molecule has 0 aromatic heterocycles.